The van der Waals surface area contributed by atoms with Crippen LogP contribution in [-0.2, 0) is 0 Å². The molecule has 0 spiro atoms. The Morgan fingerprint density at radius 2 is 0.571 bits per heavy atom. The van der Waals surface area contributed by atoms with Gasteiger partial charge in [0.15, 0.2) is 0 Å². The maximum Gasteiger partial charge on any atom is 3.00 e. The number of rotatable bonds is 0. The summed E-state index contributed by atoms with van der Waals surface area (Å²) in [5.41, 5.74) is 1.07. The number of hydrogen-bond donors (Lipinski definition) is 0. The number of hydrogen-bond acceptors (Lipinski definition) is 0. The Balaban J connectivity index is 0.000000390. The van der Waals surface area contributed by atoms with Gasteiger partial charge >= 0.3 is 40.4 Å². The standard InChI is InChI=1S/2C10H15.C7H7.Sm/c2*1-6-7(2)9(4)10(5)8(6)3;1-7-5-3-2-4-6-7;/h2*1-5H3;2-6H,1H2;/q;;-1;+3. The molecule has 0 amide bonds. The van der Waals surface area contributed by atoms with E-state index in [1.807, 2.05) is 30.3 Å². The maximum atomic E-state index is 3.72. The minimum Gasteiger partial charge on any atom is -0.199 e. The van der Waals surface area contributed by atoms with Crippen molar-refractivity contribution in [2.75, 3.05) is 0 Å². The van der Waals surface area contributed by atoms with Crippen LogP contribution in [0.2, 0.25) is 0 Å². The molecule has 0 N–H and O–H groups in total. The van der Waals surface area contributed by atoms with Crippen LogP contribution in [-0.4, -0.2) is 0 Å². The van der Waals surface area contributed by atoms with E-state index in [0.29, 0.717) is 0 Å². The first-order chi connectivity index (χ1) is 12.5. The normalized spacial score (nSPS) is 22.5. The molecular weight excluding hydrogens is 475 g/mol. The van der Waals surface area contributed by atoms with Gasteiger partial charge in [0.25, 0.3) is 0 Å². The summed E-state index contributed by atoms with van der Waals surface area (Å²) in [6.07, 6.45) is 0. The molecule has 0 aromatic heterocycles. The first kappa shape index (κ1) is 28.4. The van der Waals surface area contributed by atoms with E-state index in [9.17, 15) is 0 Å². The fraction of sp³-hybridized carbons (Fsp3) is 0.370. The van der Waals surface area contributed by atoms with E-state index >= 15 is 0 Å². The molecule has 2 aliphatic carbocycles. The minimum atomic E-state index is 0. The third kappa shape index (κ3) is 7.29. The Labute approximate surface area is 210 Å². The van der Waals surface area contributed by atoms with Crippen molar-refractivity contribution < 1.29 is 40.4 Å². The van der Waals surface area contributed by atoms with E-state index in [-0.39, 0.29) is 40.4 Å². The van der Waals surface area contributed by atoms with Crippen LogP contribution in [0.3, 0.4) is 0 Å². The second kappa shape index (κ2) is 13.0. The van der Waals surface area contributed by atoms with Gasteiger partial charge in [-0.2, -0.15) is 24.6 Å². The molecule has 2 aliphatic rings. The molecule has 0 atom stereocenters. The van der Waals surface area contributed by atoms with Crippen LogP contribution in [0.25, 0.3) is 0 Å². The molecule has 11 radical (unpaired) electrons. The monoisotopic (exact) mass is 513 g/mol. The predicted molar refractivity (Wildman–Crippen MR) is 120 cm³/mol. The molecule has 0 bridgehead atoms. The maximum absolute atomic E-state index is 3.72. The molecule has 2 fully saturated rings. The summed E-state index contributed by atoms with van der Waals surface area (Å²) in [6, 6.07) is 9.87. The van der Waals surface area contributed by atoms with Crippen LogP contribution in [0.4, 0.5) is 0 Å². The van der Waals surface area contributed by atoms with Crippen molar-refractivity contribution in [1.82, 2.24) is 0 Å². The second-order valence-electron chi connectivity index (χ2n) is 7.74. The molecule has 0 unspecified atom stereocenters. The topological polar surface area (TPSA) is 0 Å². The van der Waals surface area contributed by atoms with E-state index < -0.39 is 0 Å². The van der Waals surface area contributed by atoms with Crippen molar-refractivity contribution in [2.24, 2.45) is 0 Å². The first-order valence-corrected chi connectivity index (χ1v) is 9.76. The van der Waals surface area contributed by atoms with E-state index in [4.69, 9.17) is 0 Å². The molecule has 0 saturated heterocycles. The average Bonchev–Trinajstić information content (AvgIpc) is 2.94. The molecule has 2 saturated carbocycles. The Kier molecular flexibility index (Phi) is 13.2. The van der Waals surface area contributed by atoms with Gasteiger partial charge < -0.3 is 0 Å². The fourth-order valence-corrected chi connectivity index (χ4v) is 3.29. The van der Waals surface area contributed by atoms with Crippen LogP contribution in [0, 0.1) is 106 Å². The van der Waals surface area contributed by atoms with Crippen LogP contribution in [0.15, 0.2) is 30.3 Å². The van der Waals surface area contributed by atoms with Gasteiger partial charge in [0, 0.05) is 0 Å². The van der Waals surface area contributed by atoms with Crippen molar-refractivity contribution in [1.29, 1.82) is 0 Å². The van der Waals surface area contributed by atoms with Gasteiger partial charge in [-0.25, -0.2) is 0 Å². The fourth-order valence-electron chi connectivity index (χ4n) is 3.29. The van der Waals surface area contributed by atoms with Gasteiger partial charge in [0.1, 0.15) is 0 Å². The summed E-state index contributed by atoms with van der Waals surface area (Å²) in [4.78, 5) is 0. The van der Waals surface area contributed by atoms with E-state index in [0.717, 1.165) is 5.56 Å². The zero-order valence-electron chi connectivity index (χ0n) is 19.5. The van der Waals surface area contributed by atoms with Gasteiger partial charge in [-0.15, -0.1) is 12.1 Å². The molecule has 1 aromatic rings. The zero-order valence-corrected chi connectivity index (χ0v) is 22.1. The smallest absolute Gasteiger partial charge is 0.199 e. The molecule has 0 aliphatic heterocycles. The molecule has 0 heterocycles. The Bertz CT molecular complexity index is 405. The van der Waals surface area contributed by atoms with E-state index in [1.54, 1.807) is 0 Å². The summed E-state index contributed by atoms with van der Waals surface area (Å²) in [5.74, 6) is 14.7. The van der Waals surface area contributed by atoms with Crippen molar-refractivity contribution in [3.63, 3.8) is 0 Å². The molecular formula is C27H37Sm+2. The van der Waals surface area contributed by atoms with Crippen molar-refractivity contribution in [3.05, 3.63) is 102 Å². The predicted octanol–water partition coefficient (Wildman–Crippen LogP) is 7.81. The minimum absolute atomic E-state index is 0. The molecule has 3 rings (SSSR count). The van der Waals surface area contributed by atoms with E-state index in [2.05, 4.69) is 76.2 Å². The van der Waals surface area contributed by atoms with E-state index in [1.165, 1.54) is 59.2 Å². The summed E-state index contributed by atoms with van der Waals surface area (Å²) in [7, 11) is 0. The zero-order chi connectivity index (χ0) is 20.9. The second-order valence-corrected chi connectivity index (χ2v) is 7.74. The van der Waals surface area contributed by atoms with Crippen molar-refractivity contribution in [3.8, 4) is 0 Å². The van der Waals surface area contributed by atoms with Gasteiger partial charge in [-0.05, 0) is 59.2 Å². The van der Waals surface area contributed by atoms with Gasteiger partial charge in [-0.3, -0.25) is 0 Å². The van der Waals surface area contributed by atoms with Gasteiger partial charge in [-0.1, -0.05) is 75.3 Å². The van der Waals surface area contributed by atoms with Crippen molar-refractivity contribution in [2.45, 2.75) is 69.2 Å². The first-order valence-electron chi connectivity index (χ1n) is 9.76. The molecule has 1 aromatic carbocycles. The molecule has 0 nitrogen and oxygen atoms in total. The summed E-state index contributed by atoms with van der Waals surface area (Å²) < 4.78 is 0. The Morgan fingerprint density at radius 3 is 0.679 bits per heavy atom. The van der Waals surface area contributed by atoms with Gasteiger partial charge in [0.05, 0.1) is 0 Å². The van der Waals surface area contributed by atoms with Crippen molar-refractivity contribution >= 4 is 0 Å². The Morgan fingerprint density at radius 1 is 0.393 bits per heavy atom. The largest absolute Gasteiger partial charge is 3.00 e. The number of benzene rings is 1. The summed E-state index contributed by atoms with van der Waals surface area (Å²) in [6.45, 7) is 25.7. The van der Waals surface area contributed by atoms with Crippen LogP contribution in [0.1, 0.15) is 74.8 Å². The molecule has 149 valence electrons. The van der Waals surface area contributed by atoms with Crippen LogP contribution in [0.5, 0.6) is 0 Å². The summed E-state index contributed by atoms with van der Waals surface area (Å²) >= 11 is 0. The molecule has 1 heteroatoms. The SMILES string of the molecule is C[C]1[C](C)[C](C)[C](C)[C]1C.C[C]1[C](C)[C](C)[C](C)[C]1C.[CH2-]c1ccccc1.[Sm+3]. The third-order valence-corrected chi connectivity index (χ3v) is 6.47. The molecule has 28 heavy (non-hydrogen) atoms. The van der Waals surface area contributed by atoms with Crippen LogP contribution < -0.4 is 0 Å². The Hall–Kier alpha value is 0.428. The third-order valence-electron chi connectivity index (χ3n) is 6.47. The summed E-state index contributed by atoms with van der Waals surface area (Å²) in [5, 5.41) is 0. The quantitative estimate of drug-likeness (QED) is 0.312. The van der Waals surface area contributed by atoms with Crippen LogP contribution >= 0.6 is 0 Å². The van der Waals surface area contributed by atoms with Gasteiger partial charge in [0.2, 0.25) is 0 Å². The average molecular weight is 512 g/mol.